The first-order chi connectivity index (χ1) is 12.5. The number of benzene rings is 1. The molecule has 26 heavy (non-hydrogen) atoms. The molecule has 1 heterocycles. The van der Waals surface area contributed by atoms with Crippen molar-refractivity contribution in [1.29, 1.82) is 0 Å². The summed E-state index contributed by atoms with van der Waals surface area (Å²) in [5.74, 6) is -0.235. The number of nitrogens with zero attached hydrogens (tertiary/aromatic N) is 2. The van der Waals surface area contributed by atoms with Crippen LogP contribution in [0.3, 0.4) is 0 Å². The number of hydrogen-bond donors (Lipinski definition) is 1. The molecule has 5 heteroatoms. The number of carbonyl (C=O) groups is 2. The van der Waals surface area contributed by atoms with Crippen molar-refractivity contribution in [2.75, 3.05) is 0 Å². The second kappa shape index (κ2) is 7.68. The molecule has 136 valence electrons. The molecule has 1 saturated carbocycles. The van der Waals surface area contributed by atoms with Gasteiger partial charge in [0.2, 0.25) is 11.8 Å². The van der Waals surface area contributed by atoms with Crippen LogP contribution < -0.4 is 5.32 Å². The summed E-state index contributed by atoms with van der Waals surface area (Å²) in [6.45, 7) is 4.92. The van der Waals surface area contributed by atoms with Crippen LogP contribution in [0, 0.1) is 5.41 Å². The zero-order valence-corrected chi connectivity index (χ0v) is 15.3. The standard InChI is InChI=1S/C21H25N3O2/c1-16(2)24(15-18-6-4-3-5-7-18)20(26)21(10-11-21)19(25)23-14-17-8-12-22-13-9-17/h3-9,12-13,16H,10-11,14-15H2,1-2H3,(H,23,25). The fraction of sp³-hybridized carbons (Fsp3) is 0.381. The van der Waals surface area contributed by atoms with Crippen molar-refractivity contribution < 1.29 is 9.59 Å². The van der Waals surface area contributed by atoms with Gasteiger partial charge in [0.05, 0.1) is 0 Å². The molecule has 1 N–H and O–H groups in total. The maximum absolute atomic E-state index is 13.2. The third-order valence-corrected chi connectivity index (χ3v) is 4.88. The molecule has 1 aromatic carbocycles. The molecular formula is C21H25N3O2. The van der Waals surface area contributed by atoms with E-state index in [1.807, 2.05) is 61.2 Å². The summed E-state index contributed by atoms with van der Waals surface area (Å²) in [4.78, 5) is 31.7. The Hall–Kier alpha value is -2.69. The summed E-state index contributed by atoms with van der Waals surface area (Å²) in [6.07, 6.45) is 4.62. The first-order valence-corrected chi connectivity index (χ1v) is 9.05. The Labute approximate surface area is 154 Å². The average molecular weight is 351 g/mol. The number of carbonyl (C=O) groups excluding carboxylic acids is 2. The minimum atomic E-state index is -0.897. The van der Waals surface area contributed by atoms with Crippen LogP contribution in [0.5, 0.6) is 0 Å². The van der Waals surface area contributed by atoms with Crippen LogP contribution >= 0.6 is 0 Å². The van der Waals surface area contributed by atoms with Crippen molar-refractivity contribution in [3.63, 3.8) is 0 Å². The van der Waals surface area contributed by atoms with Crippen molar-refractivity contribution >= 4 is 11.8 Å². The molecule has 0 unspecified atom stereocenters. The molecule has 2 aromatic rings. The Morgan fingerprint density at radius 1 is 1.08 bits per heavy atom. The number of nitrogens with one attached hydrogen (secondary N) is 1. The predicted molar refractivity (Wildman–Crippen MR) is 99.9 cm³/mol. The monoisotopic (exact) mass is 351 g/mol. The van der Waals surface area contributed by atoms with Crippen LogP contribution in [0.4, 0.5) is 0 Å². The van der Waals surface area contributed by atoms with E-state index in [-0.39, 0.29) is 17.9 Å². The maximum Gasteiger partial charge on any atom is 0.238 e. The molecule has 0 aliphatic heterocycles. The summed E-state index contributed by atoms with van der Waals surface area (Å²) in [5, 5.41) is 2.93. The van der Waals surface area contributed by atoms with E-state index in [9.17, 15) is 9.59 Å². The van der Waals surface area contributed by atoms with Gasteiger partial charge in [0.15, 0.2) is 0 Å². The van der Waals surface area contributed by atoms with Crippen molar-refractivity contribution in [3.05, 3.63) is 66.0 Å². The molecule has 0 bridgehead atoms. The third-order valence-electron chi connectivity index (χ3n) is 4.88. The Balaban J connectivity index is 1.68. The predicted octanol–water partition coefficient (Wildman–Crippen LogP) is 2.92. The lowest BCUT2D eigenvalue weighted by atomic mass is 10.0. The van der Waals surface area contributed by atoms with Gasteiger partial charge in [0, 0.05) is 31.5 Å². The summed E-state index contributed by atoms with van der Waals surface area (Å²) in [6, 6.07) is 13.7. The second-order valence-corrected chi connectivity index (χ2v) is 7.13. The zero-order valence-electron chi connectivity index (χ0n) is 15.3. The van der Waals surface area contributed by atoms with Crippen molar-refractivity contribution in [2.24, 2.45) is 5.41 Å². The van der Waals surface area contributed by atoms with E-state index < -0.39 is 5.41 Å². The lowest BCUT2D eigenvalue weighted by Gasteiger charge is -2.30. The van der Waals surface area contributed by atoms with Gasteiger partial charge in [-0.15, -0.1) is 0 Å². The molecule has 0 spiro atoms. The Kier molecular flexibility index (Phi) is 5.35. The van der Waals surface area contributed by atoms with Crippen LogP contribution in [-0.2, 0) is 22.7 Å². The van der Waals surface area contributed by atoms with E-state index in [0.717, 1.165) is 11.1 Å². The minimum absolute atomic E-state index is 0.0354. The minimum Gasteiger partial charge on any atom is -0.351 e. The number of hydrogen-bond acceptors (Lipinski definition) is 3. The normalized spacial score (nSPS) is 14.7. The SMILES string of the molecule is CC(C)N(Cc1ccccc1)C(=O)C1(C(=O)NCc2ccncc2)CC1. The lowest BCUT2D eigenvalue weighted by Crippen LogP contribution is -2.47. The highest BCUT2D eigenvalue weighted by Crippen LogP contribution is 2.48. The summed E-state index contributed by atoms with van der Waals surface area (Å²) >= 11 is 0. The van der Waals surface area contributed by atoms with Gasteiger partial charge in [0.1, 0.15) is 5.41 Å². The number of pyridine rings is 1. The van der Waals surface area contributed by atoms with Gasteiger partial charge in [-0.05, 0) is 49.9 Å². The molecule has 0 radical (unpaired) electrons. The fourth-order valence-electron chi connectivity index (χ4n) is 3.06. The van der Waals surface area contributed by atoms with Crippen LogP contribution in [-0.4, -0.2) is 27.7 Å². The topological polar surface area (TPSA) is 62.3 Å². The van der Waals surface area contributed by atoms with E-state index in [1.165, 1.54) is 0 Å². The average Bonchev–Trinajstić information content (AvgIpc) is 3.47. The first kappa shape index (κ1) is 18.1. The lowest BCUT2D eigenvalue weighted by molar-refractivity contribution is -0.146. The molecule has 0 atom stereocenters. The highest BCUT2D eigenvalue weighted by Gasteiger charge is 2.58. The van der Waals surface area contributed by atoms with E-state index in [2.05, 4.69) is 10.3 Å². The fourth-order valence-corrected chi connectivity index (χ4v) is 3.06. The van der Waals surface area contributed by atoms with Gasteiger partial charge in [-0.1, -0.05) is 30.3 Å². The third kappa shape index (κ3) is 3.93. The zero-order chi connectivity index (χ0) is 18.6. The molecule has 3 rings (SSSR count). The first-order valence-electron chi connectivity index (χ1n) is 9.05. The van der Waals surface area contributed by atoms with Gasteiger partial charge in [-0.25, -0.2) is 0 Å². The van der Waals surface area contributed by atoms with Crippen LogP contribution in [0.1, 0.15) is 37.8 Å². The van der Waals surface area contributed by atoms with E-state index in [4.69, 9.17) is 0 Å². The number of aromatic nitrogens is 1. The highest BCUT2D eigenvalue weighted by molar-refractivity contribution is 6.07. The molecule has 1 aromatic heterocycles. The van der Waals surface area contributed by atoms with Gasteiger partial charge < -0.3 is 10.2 Å². The molecule has 0 saturated heterocycles. The van der Waals surface area contributed by atoms with Crippen molar-refractivity contribution in [2.45, 2.75) is 45.8 Å². The van der Waals surface area contributed by atoms with Gasteiger partial charge in [0.25, 0.3) is 0 Å². The van der Waals surface area contributed by atoms with Gasteiger partial charge >= 0.3 is 0 Å². The van der Waals surface area contributed by atoms with E-state index in [1.54, 1.807) is 12.4 Å². The largest absolute Gasteiger partial charge is 0.351 e. The highest BCUT2D eigenvalue weighted by atomic mass is 16.2. The summed E-state index contributed by atoms with van der Waals surface area (Å²) in [5.41, 5.74) is 1.15. The summed E-state index contributed by atoms with van der Waals surface area (Å²) < 4.78 is 0. The maximum atomic E-state index is 13.2. The van der Waals surface area contributed by atoms with Crippen LogP contribution in [0.2, 0.25) is 0 Å². The molecule has 5 nitrogen and oxygen atoms in total. The Morgan fingerprint density at radius 2 is 1.73 bits per heavy atom. The number of rotatable bonds is 7. The second-order valence-electron chi connectivity index (χ2n) is 7.13. The smallest absolute Gasteiger partial charge is 0.238 e. The molecule has 1 fully saturated rings. The van der Waals surface area contributed by atoms with E-state index in [0.29, 0.717) is 25.9 Å². The van der Waals surface area contributed by atoms with Gasteiger partial charge in [-0.2, -0.15) is 0 Å². The number of amides is 2. The van der Waals surface area contributed by atoms with Gasteiger partial charge in [-0.3, -0.25) is 14.6 Å². The van der Waals surface area contributed by atoms with Crippen molar-refractivity contribution in [1.82, 2.24) is 15.2 Å². The molecule has 1 aliphatic rings. The molecular weight excluding hydrogens is 326 g/mol. The summed E-state index contributed by atoms with van der Waals surface area (Å²) in [7, 11) is 0. The quantitative estimate of drug-likeness (QED) is 0.780. The molecule has 2 amide bonds. The Morgan fingerprint density at radius 3 is 2.31 bits per heavy atom. The molecule has 1 aliphatic carbocycles. The van der Waals surface area contributed by atoms with Crippen LogP contribution in [0.25, 0.3) is 0 Å². The Bertz CT molecular complexity index is 755. The van der Waals surface area contributed by atoms with E-state index >= 15 is 0 Å². The van der Waals surface area contributed by atoms with Crippen molar-refractivity contribution in [3.8, 4) is 0 Å². The van der Waals surface area contributed by atoms with Crippen LogP contribution in [0.15, 0.2) is 54.9 Å².